The SMILES string of the molecule is CC(=O)[CH-]C(C)=O.CC(=O)[CH-]C(C)=O.[O]=[Mo+2]=[O]. The first kappa shape index (κ1) is 21.0. The number of hydrogen-bond donors (Lipinski definition) is 0. The molecular weight excluding hydrogens is 312 g/mol. The van der Waals surface area contributed by atoms with Gasteiger partial charge in [-0.1, -0.05) is 0 Å². The van der Waals surface area contributed by atoms with Crippen molar-refractivity contribution in [2.75, 3.05) is 0 Å². The van der Waals surface area contributed by atoms with E-state index in [1.54, 1.807) is 0 Å². The van der Waals surface area contributed by atoms with Crippen LogP contribution in [-0.2, 0) is 44.5 Å². The third kappa shape index (κ3) is 52.8. The summed E-state index contributed by atoms with van der Waals surface area (Å²) in [5.74, 6) is -0.750. The predicted molar refractivity (Wildman–Crippen MR) is 52.7 cm³/mol. The first-order valence-electron chi connectivity index (χ1n) is 4.30. The molecule has 0 saturated carbocycles. The Kier molecular flexibility index (Phi) is 18.2. The van der Waals surface area contributed by atoms with Gasteiger partial charge in [0.2, 0.25) is 0 Å². The van der Waals surface area contributed by atoms with Gasteiger partial charge in [0, 0.05) is 23.1 Å². The summed E-state index contributed by atoms with van der Waals surface area (Å²) >= 11 is -2.03. The fourth-order valence-corrected chi connectivity index (χ4v) is 0.572. The van der Waals surface area contributed by atoms with Gasteiger partial charge in [-0.05, 0) is 27.7 Å². The quantitative estimate of drug-likeness (QED) is 0.423. The van der Waals surface area contributed by atoms with Gasteiger partial charge >= 0.3 is 25.3 Å². The van der Waals surface area contributed by atoms with Gasteiger partial charge in [0.25, 0.3) is 0 Å². The van der Waals surface area contributed by atoms with Gasteiger partial charge in [0.05, 0.1) is 0 Å². The molecule has 0 aliphatic heterocycles. The molecule has 0 spiro atoms. The third-order valence-electron chi connectivity index (χ3n) is 0.813. The van der Waals surface area contributed by atoms with E-state index in [4.69, 9.17) is 6.80 Å². The fraction of sp³-hybridized carbons (Fsp3) is 0.400. The van der Waals surface area contributed by atoms with Gasteiger partial charge in [-0.3, -0.25) is 12.8 Å². The van der Waals surface area contributed by atoms with E-state index in [0.717, 1.165) is 12.8 Å². The second-order valence-corrected chi connectivity index (χ2v) is 3.13. The Bertz CT molecular complexity index is 265. The van der Waals surface area contributed by atoms with E-state index in [-0.39, 0.29) is 23.1 Å². The Morgan fingerprint density at radius 3 is 0.765 bits per heavy atom. The maximum atomic E-state index is 9.98. The molecule has 0 bridgehead atoms. The zero-order valence-electron chi connectivity index (χ0n) is 10.0. The third-order valence-corrected chi connectivity index (χ3v) is 0.813. The van der Waals surface area contributed by atoms with Crippen molar-refractivity contribution >= 4 is 23.1 Å². The average molecular weight is 326 g/mol. The van der Waals surface area contributed by atoms with E-state index < -0.39 is 18.5 Å². The maximum absolute atomic E-state index is 9.98. The molecule has 96 valence electrons. The Hall–Kier alpha value is -1.29. The number of rotatable bonds is 4. The van der Waals surface area contributed by atoms with Crippen molar-refractivity contribution in [1.29, 1.82) is 0 Å². The van der Waals surface area contributed by atoms with Crippen molar-refractivity contribution in [3.05, 3.63) is 12.8 Å². The first-order chi connectivity index (χ1) is 7.67. The van der Waals surface area contributed by atoms with Gasteiger partial charge in [-0.25, -0.2) is 0 Å². The van der Waals surface area contributed by atoms with Gasteiger partial charge in [-0.2, -0.15) is 0 Å². The van der Waals surface area contributed by atoms with Crippen LogP contribution in [0.4, 0.5) is 0 Å². The van der Waals surface area contributed by atoms with Crippen molar-refractivity contribution in [3.8, 4) is 0 Å². The molecule has 0 amide bonds. The predicted octanol–water partition coefficient (Wildman–Crippen LogP) is 0.497. The van der Waals surface area contributed by atoms with Crippen molar-refractivity contribution in [3.63, 3.8) is 0 Å². The van der Waals surface area contributed by atoms with Crippen LogP contribution in [0.15, 0.2) is 0 Å². The van der Waals surface area contributed by atoms with Gasteiger partial charge in [0.1, 0.15) is 0 Å². The molecule has 7 heteroatoms. The molecule has 0 aliphatic rings. The van der Waals surface area contributed by atoms with E-state index in [1.807, 2.05) is 0 Å². The zero-order chi connectivity index (χ0) is 14.4. The summed E-state index contributed by atoms with van der Waals surface area (Å²) in [6.45, 7) is 5.39. The van der Waals surface area contributed by atoms with Crippen molar-refractivity contribution in [2.24, 2.45) is 0 Å². The standard InChI is InChI=1S/2C5H7O2.Mo.2O/c2*1-4(6)3-5(2)7;;;/h2*3H,1-2H3;;;/q2*-1;+2;;. The van der Waals surface area contributed by atoms with Crippen LogP contribution in [0.3, 0.4) is 0 Å². The molecule has 17 heavy (non-hydrogen) atoms. The molecule has 0 radical (unpaired) electrons. The molecule has 0 heterocycles. The molecule has 0 aromatic rings. The number of carbonyl (C=O) groups is 4. The molecule has 0 atom stereocenters. The molecule has 0 rings (SSSR count). The Balaban J connectivity index is -0.000000188. The van der Waals surface area contributed by atoms with Gasteiger partial charge in [-0.15, -0.1) is 0 Å². The molecule has 0 aliphatic carbocycles. The van der Waals surface area contributed by atoms with Crippen molar-refractivity contribution < 1.29 is 44.5 Å². The van der Waals surface area contributed by atoms with Crippen LogP contribution in [0.2, 0.25) is 0 Å². The zero-order valence-corrected chi connectivity index (χ0v) is 12.0. The topological polar surface area (TPSA) is 102 Å². The fourth-order valence-electron chi connectivity index (χ4n) is 0.572. The molecule has 6 nitrogen and oxygen atoms in total. The molecule has 0 aromatic heterocycles. The van der Waals surface area contributed by atoms with E-state index in [9.17, 15) is 19.2 Å². The van der Waals surface area contributed by atoms with Crippen LogP contribution < -0.4 is 0 Å². The molecule has 0 saturated heterocycles. The summed E-state index contributed by atoms with van der Waals surface area (Å²) in [4.78, 5) is 39.9. The van der Waals surface area contributed by atoms with Gasteiger partial charge < -0.3 is 19.2 Å². The van der Waals surface area contributed by atoms with E-state index in [0.29, 0.717) is 0 Å². The van der Waals surface area contributed by atoms with Crippen LogP contribution in [-0.4, -0.2) is 23.1 Å². The summed E-state index contributed by atoms with van der Waals surface area (Å²) in [6, 6.07) is 0. The summed E-state index contributed by atoms with van der Waals surface area (Å²) in [5.41, 5.74) is 0. The average Bonchev–Trinajstić information content (AvgIpc) is 1.99. The van der Waals surface area contributed by atoms with Gasteiger partial charge in [0.15, 0.2) is 0 Å². The summed E-state index contributed by atoms with van der Waals surface area (Å²) in [5, 5.41) is 0. The second-order valence-electron chi connectivity index (χ2n) is 2.80. The summed E-state index contributed by atoms with van der Waals surface area (Å²) in [6.07, 6.45) is 2.11. The number of carbonyl (C=O) groups excluding carboxylic acids is 4. The number of ketones is 4. The minimum atomic E-state index is -2.03. The van der Waals surface area contributed by atoms with Crippen LogP contribution in [0, 0.1) is 12.8 Å². The minimum absolute atomic E-state index is 0.187. The van der Waals surface area contributed by atoms with Crippen molar-refractivity contribution in [1.82, 2.24) is 0 Å². The normalized spacial score (nSPS) is 6.82. The monoisotopic (exact) mass is 328 g/mol. The van der Waals surface area contributed by atoms with E-state index >= 15 is 0 Å². The van der Waals surface area contributed by atoms with E-state index in [1.165, 1.54) is 27.7 Å². The van der Waals surface area contributed by atoms with Crippen LogP contribution in [0.5, 0.6) is 0 Å². The summed E-state index contributed by atoms with van der Waals surface area (Å²) in [7, 11) is 0. The second kappa shape index (κ2) is 14.7. The Labute approximate surface area is 108 Å². The Morgan fingerprint density at radius 2 is 0.765 bits per heavy atom. The molecule has 0 N–H and O–H groups in total. The molecular formula is C10H14MoO6. The van der Waals surface area contributed by atoms with Crippen LogP contribution in [0.25, 0.3) is 0 Å². The first-order valence-corrected chi connectivity index (χ1v) is 5.94. The van der Waals surface area contributed by atoms with Crippen LogP contribution >= 0.6 is 0 Å². The van der Waals surface area contributed by atoms with E-state index in [2.05, 4.69) is 0 Å². The summed E-state index contributed by atoms with van der Waals surface area (Å²) < 4.78 is 17.0. The Morgan fingerprint density at radius 1 is 0.647 bits per heavy atom. The number of hydrogen-bond acceptors (Lipinski definition) is 6. The van der Waals surface area contributed by atoms with Crippen molar-refractivity contribution in [2.45, 2.75) is 27.7 Å². The molecule has 0 aromatic carbocycles. The van der Waals surface area contributed by atoms with Crippen LogP contribution in [0.1, 0.15) is 27.7 Å². The molecule has 0 unspecified atom stereocenters. The molecule has 0 fully saturated rings. The number of Topliss-reactive ketones (excluding diaryl/α,β-unsaturated/α-hetero) is 4.